The fourth-order valence-corrected chi connectivity index (χ4v) is 2.88. The predicted molar refractivity (Wildman–Crippen MR) is 59.1 cm³/mol. The Morgan fingerprint density at radius 2 is 1.50 bits per heavy atom. The highest BCUT2D eigenvalue weighted by molar-refractivity contribution is 14.1. The lowest BCUT2D eigenvalue weighted by Crippen LogP contribution is -2.15. The van der Waals surface area contributed by atoms with E-state index in [-0.39, 0.29) is 0 Å². The van der Waals surface area contributed by atoms with E-state index in [0.717, 1.165) is 0 Å². The van der Waals surface area contributed by atoms with Crippen LogP contribution in [0.3, 0.4) is 0 Å². The second-order valence-electron chi connectivity index (χ2n) is 1.41. The van der Waals surface area contributed by atoms with Crippen molar-refractivity contribution in [2.45, 2.75) is 0 Å². The first-order chi connectivity index (χ1) is 3.81. The molecule has 50 valence electrons. The molecular weight excluding hydrogens is 347 g/mol. The van der Waals surface area contributed by atoms with Crippen molar-refractivity contribution in [3.05, 3.63) is 0 Å². The first-order valence-electron chi connectivity index (χ1n) is 2.43. The van der Waals surface area contributed by atoms with Crippen molar-refractivity contribution < 1.29 is 0 Å². The van der Waals surface area contributed by atoms with E-state index in [1.165, 1.54) is 21.9 Å². The second kappa shape index (κ2) is 6.96. The zero-order valence-electron chi connectivity index (χ0n) is 4.61. The molecule has 1 unspecified atom stereocenters. The Bertz CT molecular complexity index is 47.3. The van der Waals surface area contributed by atoms with Crippen molar-refractivity contribution in [2.24, 2.45) is 0 Å². The van der Waals surface area contributed by atoms with E-state index in [4.69, 9.17) is 0 Å². The van der Waals surface area contributed by atoms with Crippen molar-refractivity contribution in [3.8, 4) is 0 Å². The number of hydrogen-bond acceptors (Lipinski definition) is 1. The molecule has 0 heterocycles. The second-order valence-corrected chi connectivity index (χ2v) is 4.30. The zero-order valence-corrected chi connectivity index (χ0v) is 10.1. The lowest BCUT2D eigenvalue weighted by atomic mass is 10.7. The number of halogens is 2. The van der Waals surface area contributed by atoms with Gasteiger partial charge >= 0.3 is 0 Å². The molecule has 0 aromatic carbocycles. The van der Waals surface area contributed by atoms with Crippen LogP contribution in [-0.4, -0.2) is 26.6 Å². The van der Waals surface area contributed by atoms with Gasteiger partial charge in [0.1, 0.15) is 0 Å². The Balaban J connectivity index is 2.92. The minimum absolute atomic E-state index is 1.19. The molecule has 0 amide bonds. The topological polar surface area (TPSA) is 3.24 Å². The van der Waals surface area contributed by atoms with Gasteiger partial charge in [0.15, 0.2) is 0 Å². The number of nitrogens with zero attached hydrogens (tertiary/aromatic N) is 1. The highest BCUT2D eigenvalue weighted by Crippen LogP contribution is 1.99. The minimum Gasteiger partial charge on any atom is -0.286 e. The van der Waals surface area contributed by atoms with Crippen LogP contribution in [0.2, 0.25) is 0 Å². The predicted octanol–water partition coefficient (Wildman–Crippen LogP) is 1.95. The van der Waals surface area contributed by atoms with Crippen molar-refractivity contribution in [1.29, 1.82) is 0 Å². The van der Waals surface area contributed by atoms with Gasteiger partial charge in [0.05, 0.1) is 0 Å². The summed E-state index contributed by atoms with van der Waals surface area (Å²) in [5.74, 6) is 0. The van der Waals surface area contributed by atoms with Crippen LogP contribution in [0, 0.1) is 0 Å². The van der Waals surface area contributed by atoms with Gasteiger partial charge in [-0.25, -0.2) is 0 Å². The van der Waals surface area contributed by atoms with E-state index in [1.807, 2.05) is 0 Å². The van der Waals surface area contributed by atoms with E-state index in [1.54, 1.807) is 0 Å². The summed E-state index contributed by atoms with van der Waals surface area (Å²) in [5, 5.41) is 0. The molecule has 0 saturated carbocycles. The first kappa shape index (κ1) is 9.85. The quantitative estimate of drug-likeness (QED) is 0.423. The molecule has 0 N–H and O–H groups in total. The summed E-state index contributed by atoms with van der Waals surface area (Å²) in [5.41, 5.74) is 0. The standard InChI is InChI=1S/C4H10I2NP/c5-1-3-7(8)4-2-6/h1-4,8H2. The number of alkyl halides is 2. The molecular formula is C4H10I2NP. The molecule has 0 rings (SSSR count). The van der Waals surface area contributed by atoms with Gasteiger partial charge < -0.3 is 0 Å². The van der Waals surface area contributed by atoms with Crippen molar-refractivity contribution >= 4 is 54.6 Å². The Kier molecular flexibility index (Phi) is 8.57. The van der Waals surface area contributed by atoms with E-state index < -0.39 is 0 Å². The van der Waals surface area contributed by atoms with Gasteiger partial charge in [0, 0.05) is 21.9 Å². The van der Waals surface area contributed by atoms with Gasteiger partial charge in [-0.15, -0.1) is 0 Å². The third-order valence-corrected chi connectivity index (χ3v) is 2.22. The molecule has 0 radical (unpaired) electrons. The van der Waals surface area contributed by atoms with Crippen LogP contribution in [0.25, 0.3) is 0 Å². The molecule has 0 aliphatic heterocycles. The van der Waals surface area contributed by atoms with Gasteiger partial charge in [-0.1, -0.05) is 54.6 Å². The maximum atomic E-state index is 2.72. The molecule has 0 aliphatic carbocycles. The van der Waals surface area contributed by atoms with Crippen LogP contribution in [0.1, 0.15) is 0 Å². The SMILES string of the molecule is PN(CCI)CCI. The molecule has 0 aromatic heterocycles. The molecule has 8 heavy (non-hydrogen) atoms. The Morgan fingerprint density at radius 3 is 1.75 bits per heavy atom. The van der Waals surface area contributed by atoms with Gasteiger partial charge in [-0.3, -0.25) is 4.67 Å². The summed E-state index contributed by atoms with van der Waals surface area (Å²) in [4.78, 5) is 0. The van der Waals surface area contributed by atoms with Crippen LogP contribution in [0.15, 0.2) is 0 Å². The summed E-state index contributed by atoms with van der Waals surface area (Å²) in [6.45, 7) is 2.38. The van der Waals surface area contributed by atoms with Crippen LogP contribution in [0.5, 0.6) is 0 Å². The smallest absolute Gasteiger partial charge is 0.0126 e. The monoisotopic (exact) mass is 357 g/mol. The molecule has 0 bridgehead atoms. The lowest BCUT2D eigenvalue weighted by Gasteiger charge is -2.11. The molecule has 0 aromatic rings. The molecule has 1 nitrogen and oxygen atoms in total. The van der Waals surface area contributed by atoms with Crippen molar-refractivity contribution in [2.75, 3.05) is 21.9 Å². The summed E-state index contributed by atoms with van der Waals surface area (Å²) in [7, 11) is 2.72. The van der Waals surface area contributed by atoms with Gasteiger partial charge in [-0.2, -0.15) is 0 Å². The van der Waals surface area contributed by atoms with Crippen molar-refractivity contribution in [1.82, 2.24) is 4.67 Å². The van der Waals surface area contributed by atoms with E-state index >= 15 is 0 Å². The highest BCUT2D eigenvalue weighted by Gasteiger charge is 1.91. The average Bonchev–Trinajstić information content (AvgIpc) is 1.68. The maximum Gasteiger partial charge on any atom is 0.0126 e. The summed E-state index contributed by atoms with van der Waals surface area (Å²) < 4.78 is 4.70. The van der Waals surface area contributed by atoms with E-state index in [0.29, 0.717) is 0 Å². The van der Waals surface area contributed by atoms with Crippen LogP contribution < -0.4 is 0 Å². The normalized spacial score (nSPS) is 10.5. The lowest BCUT2D eigenvalue weighted by molar-refractivity contribution is 0.539. The van der Waals surface area contributed by atoms with Crippen LogP contribution in [-0.2, 0) is 0 Å². The summed E-state index contributed by atoms with van der Waals surface area (Å²) >= 11 is 4.77. The molecule has 4 heteroatoms. The van der Waals surface area contributed by atoms with Gasteiger partial charge in [-0.05, 0) is 0 Å². The van der Waals surface area contributed by atoms with E-state index in [9.17, 15) is 0 Å². The van der Waals surface area contributed by atoms with Crippen molar-refractivity contribution in [3.63, 3.8) is 0 Å². The molecule has 0 fully saturated rings. The highest BCUT2D eigenvalue weighted by atomic mass is 127. The maximum absolute atomic E-state index is 2.72. The third-order valence-electron chi connectivity index (χ3n) is 0.743. The Morgan fingerprint density at radius 1 is 1.12 bits per heavy atom. The summed E-state index contributed by atoms with van der Waals surface area (Å²) in [6, 6.07) is 0. The molecule has 0 aliphatic rings. The zero-order chi connectivity index (χ0) is 6.41. The van der Waals surface area contributed by atoms with Gasteiger partial charge in [0.2, 0.25) is 0 Å². The Hall–Kier alpha value is 1.85. The van der Waals surface area contributed by atoms with Gasteiger partial charge in [0.25, 0.3) is 0 Å². The fraction of sp³-hybridized carbons (Fsp3) is 1.00. The Labute approximate surface area is 80.5 Å². The van der Waals surface area contributed by atoms with Crippen LogP contribution in [0.4, 0.5) is 0 Å². The minimum atomic E-state index is 1.19. The summed E-state index contributed by atoms with van der Waals surface area (Å²) in [6.07, 6.45) is 0. The number of hydrogen-bond donors (Lipinski definition) is 0. The molecule has 0 saturated heterocycles. The average molecular weight is 357 g/mol. The first-order valence-corrected chi connectivity index (χ1v) is 5.99. The third kappa shape index (κ3) is 5.98. The largest absolute Gasteiger partial charge is 0.286 e. The molecule has 1 atom stereocenters. The molecule has 0 spiro atoms. The van der Waals surface area contributed by atoms with Crippen LogP contribution >= 0.6 is 54.6 Å². The fourth-order valence-electron chi connectivity index (χ4n) is 0.329. The number of rotatable bonds is 4. The van der Waals surface area contributed by atoms with E-state index in [2.05, 4.69) is 59.2 Å².